The average molecular weight is 237 g/mol. The molecule has 17 heavy (non-hydrogen) atoms. The summed E-state index contributed by atoms with van der Waals surface area (Å²) in [6.45, 7) is 3.58. The molecule has 1 heterocycles. The highest BCUT2D eigenvalue weighted by molar-refractivity contribution is 5.34. The Labute approximate surface area is 98.0 Å². The lowest BCUT2D eigenvalue weighted by Crippen LogP contribution is -2.12. The van der Waals surface area contributed by atoms with Crippen molar-refractivity contribution in [3.8, 4) is 0 Å². The van der Waals surface area contributed by atoms with E-state index in [1.165, 1.54) is 12.1 Å². The van der Waals surface area contributed by atoms with Gasteiger partial charge in [-0.05, 0) is 37.6 Å². The van der Waals surface area contributed by atoms with E-state index in [0.717, 1.165) is 17.4 Å². The van der Waals surface area contributed by atoms with Crippen LogP contribution in [0.2, 0.25) is 0 Å². The highest BCUT2D eigenvalue weighted by Crippen LogP contribution is 2.26. The molecule has 0 saturated carbocycles. The van der Waals surface area contributed by atoms with Crippen molar-refractivity contribution in [3.05, 3.63) is 58.5 Å². The van der Waals surface area contributed by atoms with Gasteiger partial charge in [0.2, 0.25) is 0 Å². The third-order valence-electron chi connectivity index (χ3n) is 2.66. The minimum absolute atomic E-state index is 0.395. The lowest BCUT2D eigenvalue weighted by molar-refractivity contribution is 0.499. The van der Waals surface area contributed by atoms with E-state index in [4.69, 9.17) is 10.2 Å². The van der Waals surface area contributed by atoms with Crippen LogP contribution < -0.4 is 5.73 Å². The Morgan fingerprint density at radius 2 is 1.65 bits per heavy atom. The van der Waals surface area contributed by atoms with E-state index in [1.54, 1.807) is 19.9 Å². The summed E-state index contributed by atoms with van der Waals surface area (Å²) in [5, 5.41) is 0. The molecule has 2 rings (SSSR count). The number of hydrogen-bond acceptors (Lipinski definition) is 2. The molecule has 2 aromatic rings. The van der Waals surface area contributed by atoms with Crippen molar-refractivity contribution in [1.29, 1.82) is 0 Å². The predicted molar refractivity (Wildman–Crippen MR) is 60.6 cm³/mol. The molecule has 90 valence electrons. The summed E-state index contributed by atoms with van der Waals surface area (Å²) in [5.41, 5.74) is 7.11. The van der Waals surface area contributed by atoms with Gasteiger partial charge in [0.15, 0.2) is 0 Å². The number of hydrogen-bond donors (Lipinski definition) is 1. The third-order valence-corrected chi connectivity index (χ3v) is 2.66. The molecule has 1 atom stereocenters. The van der Waals surface area contributed by atoms with Crippen LogP contribution in [0, 0.1) is 25.5 Å². The highest BCUT2D eigenvalue weighted by atomic mass is 19.1. The van der Waals surface area contributed by atoms with E-state index in [2.05, 4.69) is 0 Å². The molecule has 0 radical (unpaired) electrons. The van der Waals surface area contributed by atoms with Crippen LogP contribution in [-0.2, 0) is 0 Å². The Bertz CT molecular complexity index is 528. The SMILES string of the molecule is Cc1cc(C(N)c2cc(F)cc(F)c2)c(C)o1. The van der Waals surface area contributed by atoms with Crippen LogP contribution in [0.25, 0.3) is 0 Å². The molecule has 0 fully saturated rings. The Morgan fingerprint density at radius 1 is 1.06 bits per heavy atom. The number of nitrogens with two attached hydrogens (primary N) is 1. The van der Waals surface area contributed by atoms with E-state index in [-0.39, 0.29) is 0 Å². The molecule has 1 aromatic heterocycles. The Kier molecular flexibility index (Phi) is 2.98. The first-order valence-corrected chi connectivity index (χ1v) is 5.26. The quantitative estimate of drug-likeness (QED) is 0.871. The van der Waals surface area contributed by atoms with E-state index in [9.17, 15) is 8.78 Å². The van der Waals surface area contributed by atoms with Gasteiger partial charge in [0, 0.05) is 11.6 Å². The van der Waals surface area contributed by atoms with Crippen LogP contribution in [0.1, 0.15) is 28.7 Å². The maximum Gasteiger partial charge on any atom is 0.126 e. The zero-order valence-corrected chi connectivity index (χ0v) is 9.63. The summed E-state index contributed by atoms with van der Waals surface area (Å²) in [7, 11) is 0. The molecule has 0 aliphatic heterocycles. The lowest BCUT2D eigenvalue weighted by atomic mass is 10.00. The number of benzene rings is 1. The van der Waals surface area contributed by atoms with Gasteiger partial charge >= 0.3 is 0 Å². The Balaban J connectivity index is 2.43. The van der Waals surface area contributed by atoms with E-state index in [1.807, 2.05) is 0 Å². The maximum absolute atomic E-state index is 13.1. The second-order valence-electron chi connectivity index (χ2n) is 4.05. The number of halogens is 2. The molecule has 2 nitrogen and oxygen atoms in total. The van der Waals surface area contributed by atoms with Crippen molar-refractivity contribution in [2.75, 3.05) is 0 Å². The van der Waals surface area contributed by atoms with Gasteiger partial charge in [0.25, 0.3) is 0 Å². The van der Waals surface area contributed by atoms with Crippen molar-refractivity contribution in [1.82, 2.24) is 0 Å². The van der Waals surface area contributed by atoms with E-state index >= 15 is 0 Å². The number of rotatable bonds is 2. The minimum Gasteiger partial charge on any atom is -0.466 e. The lowest BCUT2D eigenvalue weighted by Gasteiger charge is -2.11. The molecule has 0 aliphatic rings. The first kappa shape index (κ1) is 11.8. The molecule has 0 amide bonds. The molecule has 0 aliphatic carbocycles. The largest absolute Gasteiger partial charge is 0.466 e. The van der Waals surface area contributed by atoms with Gasteiger partial charge in [-0.1, -0.05) is 0 Å². The van der Waals surface area contributed by atoms with Gasteiger partial charge in [0.1, 0.15) is 23.2 Å². The Hall–Kier alpha value is -1.68. The van der Waals surface area contributed by atoms with Crippen molar-refractivity contribution < 1.29 is 13.2 Å². The Morgan fingerprint density at radius 3 is 2.12 bits per heavy atom. The monoisotopic (exact) mass is 237 g/mol. The first-order valence-electron chi connectivity index (χ1n) is 5.26. The smallest absolute Gasteiger partial charge is 0.126 e. The minimum atomic E-state index is -0.631. The maximum atomic E-state index is 13.1. The molecular formula is C13H13F2NO. The van der Waals surface area contributed by atoms with E-state index < -0.39 is 17.7 Å². The fourth-order valence-corrected chi connectivity index (χ4v) is 1.89. The summed E-state index contributed by atoms with van der Waals surface area (Å²) < 4.78 is 31.5. The zero-order valence-electron chi connectivity index (χ0n) is 9.63. The molecule has 0 bridgehead atoms. The topological polar surface area (TPSA) is 39.2 Å². The van der Waals surface area contributed by atoms with Gasteiger partial charge in [-0.3, -0.25) is 0 Å². The summed E-state index contributed by atoms with van der Waals surface area (Å²) in [6.07, 6.45) is 0. The van der Waals surface area contributed by atoms with Crippen LogP contribution >= 0.6 is 0 Å². The van der Waals surface area contributed by atoms with Gasteiger partial charge in [-0.15, -0.1) is 0 Å². The highest BCUT2D eigenvalue weighted by Gasteiger charge is 2.16. The van der Waals surface area contributed by atoms with Crippen LogP contribution in [-0.4, -0.2) is 0 Å². The van der Waals surface area contributed by atoms with Gasteiger partial charge in [0.05, 0.1) is 6.04 Å². The van der Waals surface area contributed by atoms with Crippen LogP contribution in [0.3, 0.4) is 0 Å². The number of aryl methyl sites for hydroxylation is 2. The fourth-order valence-electron chi connectivity index (χ4n) is 1.89. The molecule has 0 spiro atoms. The zero-order chi connectivity index (χ0) is 12.6. The average Bonchev–Trinajstić information content (AvgIpc) is 2.55. The summed E-state index contributed by atoms with van der Waals surface area (Å²) >= 11 is 0. The summed E-state index contributed by atoms with van der Waals surface area (Å²) in [6, 6.07) is 4.48. The van der Waals surface area contributed by atoms with Crippen molar-refractivity contribution in [2.24, 2.45) is 5.73 Å². The summed E-state index contributed by atoms with van der Waals surface area (Å²) in [4.78, 5) is 0. The van der Waals surface area contributed by atoms with Gasteiger partial charge in [-0.2, -0.15) is 0 Å². The van der Waals surface area contributed by atoms with Crippen LogP contribution in [0.15, 0.2) is 28.7 Å². The number of furan rings is 1. The fraction of sp³-hybridized carbons (Fsp3) is 0.231. The molecule has 0 saturated heterocycles. The predicted octanol–water partition coefficient (Wildman–Crippen LogP) is 3.22. The second kappa shape index (κ2) is 4.30. The normalized spacial score (nSPS) is 12.8. The van der Waals surface area contributed by atoms with Crippen molar-refractivity contribution in [2.45, 2.75) is 19.9 Å². The van der Waals surface area contributed by atoms with Crippen LogP contribution in [0.4, 0.5) is 8.78 Å². The second-order valence-corrected chi connectivity index (χ2v) is 4.05. The van der Waals surface area contributed by atoms with Gasteiger partial charge < -0.3 is 10.2 Å². The van der Waals surface area contributed by atoms with E-state index in [0.29, 0.717) is 11.3 Å². The third kappa shape index (κ3) is 2.36. The van der Waals surface area contributed by atoms with Gasteiger partial charge in [-0.25, -0.2) is 8.78 Å². The summed E-state index contributed by atoms with van der Waals surface area (Å²) in [5.74, 6) is 0.131. The van der Waals surface area contributed by atoms with Crippen LogP contribution in [0.5, 0.6) is 0 Å². The first-order chi connectivity index (χ1) is 7.97. The standard InChI is InChI=1S/C13H13F2NO/c1-7-3-12(8(2)17-7)13(16)9-4-10(14)6-11(15)5-9/h3-6,13H,16H2,1-2H3. The molecular weight excluding hydrogens is 224 g/mol. The molecule has 1 aromatic carbocycles. The van der Waals surface area contributed by atoms with Crippen molar-refractivity contribution >= 4 is 0 Å². The molecule has 1 unspecified atom stereocenters. The molecule has 4 heteroatoms. The molecule has 2 N–H and O–H groups in total. The van der Waals surface area contributed by atoms with Crippen molar-refractivity contribution in [3.63, 3.8) is 0 Å².